The molecule has 1 heterocycles. The van der Waals surface area contributed by atoms with E-state index in [9.17, 15) is 13.6 Å². The summed E-state index contributed by atoms with van der Waals surface area (Å²) in [5, 5.41) is 0. The molecular formula is C31H33F2N3O. The van der Waals surface area contributed by atoms with Crippen LogP contribution in [0.1, 0.15) is 48.6 Å². The molecule has 0 radical (unpaired) electrons. The van der Waals surface area contributed by atoms with Crippen molar-refractivity contribution in [1.82, 2.24) is 14.5 Å². The fraction of sp³-hybridized carbons (Fsp3) is 0.290. The van der Waals surface area contributed by atoms with Crippen LogP contribution in [0.3, 0.4) is 0 Å². The first-order valence-corrected chi connectivity index (χ1v) is 12.5. The number of nitrogens with zero attached hydrogens (tertiary/aromatic N) is 3. The van der Waals surface area contributed by atoms with Crippen LogP contribution in [0.15, 0.2) is 97.2 Å². The van der Waals surface area contributed by atoms with Crippen LogP contribution in [0.5, 0.6) is 0 Å². The Morgan fingerprint density at radius 2 is 1.49 bits per heavy atom. The lowest BCUT2D eigenvalue weighted by atomic mass is 9.84. The summed E-state index contributed by atoms with van der Waals surface area (Å²) >= 11 is 0. The number of hydrogen-bond acceptors (Lipinski definition) is 2. The van der Waals surface area contributed by atoms with Crippen LogP contribution in [0.25, 0.3) is 11.3 Å². The average molecular weight is 502 g/mol. The molecule has 6 heteroatoms. The summed E-state index contributed by atoms with van der Waals surface area (Å²) in [4.78, 5) is 20.3. The number of aromatic nitrogens is 2. The van der Waals surface area contributed by atoms with Gasteiger partial charge in [0.25, 0.3) is 5.91 Å². The maximum absolute atomic E-state index is 14.6. The molecule has 0 unspecified atom stereocenters. The zero-order valence-electron chi connectivity index (χ0n) is 21.5. The molecule has 0 aliphatic rings. The van der Waals surface area contributed by atoms with Crippen LogP contribution >= 0.6 is 0 Å². The quantitative estimate of drug-likeness (QED) is 0.245. The fourth-order valence-electron chi connectivity index (χ4n) is 4.61. The first kappa shape index (κ1) is 26.3. The molecule has 0 saturated carbocycles. The Kier molecular flexibility index (Phi) is 8.17. The van der Waals surface area contributed by atoms with Gasteiger partial charge in [0.1, 0.15) is 18.7 Å². The van der Waals surface area contributed by atoms with E-state index in [1.807, 2.05) is 98.3 Å². The second kappa shape index (κ2) is 11.5. The van der Waals surface area contributed by atoms with Crippen molar-refractivity contribution < 1.29 is 13.6 Å². The van der Waals surface area contributed by atoms with E-state index in [1.54, 1.807) is 24.3 Å². The Hall–Kier alpha value is -3.80. The lowest BCUT2D eigenvalue weighted by molar-refractivity contribution is 0.0375. The molecule has 0 aliphatic carbocycles. The van der Waals surface area contributed by atoms with Crippen molar-refractivity contribution in [3.05, 3.63) is 114 Å². The topological polar surface area (TPSA) is 38.1 Å². The van der Waals surface area contributed by atoms with Crippen molar-refractivity contribution in [1.29, 1.82) is 0 Å². The molecule has 0 saturated heterocycles. The van der Waals surface area contributed by atoms with Gasteiger partial charge in [-0.3, -0.25) is 4.79 Å². The molecule has 3 aromatic carbocycles. The highest BCUT2D eigenvalue weighted by atomic mass is 19.2. The van der Waals surface area contributed by atoms with Gasteiger partial charge in [-0.15, -0.1) is 0 Å². The van der Waals surface area contributed by atoms with E-state index in [2.05, 4.69) is 0 Å². The number of imidazole rings is 1. The summed E-state index contributed by atoms with van der Waals surface area (Å²) < 4.78 is 30.1. The molecule has 0 N–H and O–H groups in total. The van der Waals surface area contributed by atoms with E-state index in [1.165, 1.54) is 4.90 Å². The van der Waals surface area contributed by atoms with Crippen molar-refractivity contribution in [2.75, 3.05) is 13.2 Å². The van der Waals surface area contributed by atoms with E-state index in [0.29, 0.717) is 17.9 Å². The summed E-state index contributed by atoms with van der Waals surface area (Å²) in [5.41, 5.74) is 2.66. The highest BCUT2D eigenvalue weighted by molar-refractivity contribution is 5.94. The minimum atomic E-state index is -1.80. The predicted octanol–water partition coefficient (Wildman–Crippen LogP) is 7.14. The lowest BCUT2D eigenvalue weighted by Gasteiger charge is -2.40. The summed E-state index contributed by atoms with van der Waals surface area (Å²) in [6.07, 6.45) is 0.174. The van der Waals surface area contributed by atoms with Gasteiger partial charge in [-0.05, 0) is 23.1 Å². The minimum absolute atomic E-state index is 0.354. The molecule has 192 valence electrons. The molecule has 2 atom stereocenters. The fourth-order valence-corrected chi connectivity index (χ4v) is 4.61. The van der Waals surface area contributed by atoms with Gasteiger partial charge in [0.15, 0.2) is 0 Å². The summed E-state index contributed by atoms with van der Waals surface area (Å²) in [5.74, 6) is 0.276. The molecule has 0 spiro atoms. The zero-order chi connectivity index (χ0) is 26.4. The third kappa shape index (κ3) is 6.31. The molecule has 4 aromatic rings. The van der Waals surface area contributed by atoms with Gasteiger partial charge in [-0.25, -0.2) is 13.8 Å². The standard InChI is InChI=1S/C31H33F2N3O/c1-31(2,3)28(36(21-26(33)19-32)30(37)25-17-11-6-12-18-25)29-34-27(24-15-9-5-10-16-24)22-35(29)20-23-13-7-4-8-14-23/h4-18,22,26,28H,19-21H2,1-3H3/t26-,28+/m1/s1. The van der Waals surface area contributed by atoms with E-state index >= 15 is 0 Å². The SMILES string of the molecule is CC(C)(C)[C@H](c1nc(-c2ccccc2)cn1Cc1ccccc1)N(C[C@H](F)CF)C(=O)c1ccccc1. The van der Waals surface area contributed by atoms with Crippen LogP contribution in [-0.2, 0) is 6.54 Å². The third-order valence-corrected chi connectivity index (χ3v) is 6.29. The Bertz CT molecular complexity index is 1280. The van der Waals surface area contributed by atoms with Crippen LogP contribution in [0.2, 0.25) is 0 Å². The largest absolute Gasteiger partial charge is 0.328 e. The number of alkyl halides is 2. The maximum atomic E-state index is 14.6. The Morgan fingerprint density at radius 1 is 0.919 bits per heavy atom. The van der Waals surface area contributed by atoms with Crippen LogP contribution < -0.4 is 0 Å². The van der Waals surface area contributed by atoms with Gasteiger partial charge in [0.05, 0.1) is 18.3 Å². The van der Waals surface area contributed by atoms with Gasteiger partial charge >= 0.3 is 0 Å². The van der Waals surface area contributed by atoms with Gasteiger partial charge in [0, 0.05) is 23.9 Å². The summed E-state index contributed by atoms with van der Waals surface area (Å²) in [6.45, 7) is 4.98. The summed E-state index contributed by atoms with van der Waals surface area (Å²) in [7, 11) is 0. The van der Waals surface area contributed by atoms with Gasteiger partial charge in [-0.1, -0.05) is 99.6 Å². The highest BCUT2D eigenvalue weighted by Gasteiger charge is 2.39. The number of hydrogen-bond donors (Lipinski definition) is 0. The highest BCUT2D eigenvalue weighted by Crippen LogP contribution is 2.40. The minimum Gasteiger partial charge on any atom is -0.328 e. The number of rotatable bonds is 9. The average Bonchev–Trinajstić information content (AvgIpc) is 3.31. The Balaban J connectivity index is 1.88. The van der Waals surface area contributed by atoms with Crippen molar-refractivity contribution >= 4 is 5.91 Å². The van der Waals surface area contributed by atoms with E-state index in [0.717, 1.165) is 16.8 Å². The van der Waals surface area contributed by atoms with E-state index in [-0.39, 0.29) is 12.5 Å². The molecule has 0 bridgehead atoms. The van der Waals surface area contributed by atoms with Crippen LogP contribution in [-0.4, -0.2) is 39.7 Å². The van der Waals surface area contributed by atoms with Crippen molar-refractivity contribution in [2.24, 2.45) is 5.41 Å². The smallest absolute Gasteiger partial charge is 0.254 e. The van der Waals surface area contributed by atoms with Crippen LogP contribution in [0.4, 0.5) is 8.78 Å². The number of benzene rings is 3. The third-order valence-electron chi connectivity index (χ3n) is 6.29. The zero-order valence-corrected chi connectivity index (χ0v) is 21.5. The van der Waals surface area contributed by atoms with Gasteiger partial charge in [0.2, 0.25) is 0 Å². The van der Waals surface area contributed by atoms with Gasteiger partial charge in [-0.2, -0.15) is 0 Å². The first-order valence-electron chi connectivity index (χ1n) is 12.5. The number of carbonyl (C=O) groups is 1. The molecule has 0 aliphatic heterocycles. The normalized spacial score (nSPS) is 13.2. The number of amides is 1. The van der Waals surface area contributed by atoms with E-state index < -0.39 is 24.3 Å². The number of halogens is 2. The Labute approximate surface area is 217 Å². The Morgan fingerprint density at radius 3 is 2.05 bits per heavy atom. The second-order valence-electron chi connectivity index (χ2n) is 10.3. The van der Waals surface area contributed by atoms with E-state index in [4.69, 9.17) is 4.98 Å². The number of carbonyl (C=O) groups excluding carboxylic acids is 1. The van der Waals surface area contributed by atoms with Gasteiger partial charge < -0.3 is 9.47 Å². The molecule has 0 fully saturated rings. The molecule has 1 aromatic heterocycles. The molecular weight excluding hydrogens is 468 g/mol. The lowest BCUT2D eigenvalue weighted by Crippen LogP contribution is -2.45. The molecule has 37 heavy (non-hydrogen) atoms. The van der Waals surface area contributed by atoms with Crippen LogP contribution in [0, 0.1) is 5.41 Å². The monoisotopic (exact) mass is 501 g/mol. The molecule has 1 amide bonds. The second-order valence-corrected chi connectivity index (χ2v) is 10.3. The first-order chi connectivity index (χ1) is 17.8. The molecule has 4 rings (SSSR count). The molecule has 4 nitrogen and oxygen atoms in total. The van der Waals surface area contributed by atoms with Crippen molar-refractivity contribution in [2.45, 2.75) is 39.5 Å². The van der Waals surface area contributed by atoms with Crippen molar-refractivity contribution in [3.63, 3.8) is 0 Å². The predicted molar refractivity (Wildman–Crippen MR) is 144 cm³/mol. The maximum Gasteiger partial charge on any atom is 0.254 e. The van der Waals surface area contributed by atoms with Crippen molar-refractivity contribution in [3.8, 4) is 11.3 Å². The summed E-state index contributed by atoms with van der Waals surface area (Å²) in [6, 6.07) is 27.9.